The fraction of sp³-hybridized carbons (Fsp3) is 0.500. The molecular weight excluding hydrogens is 196 g/mol. The summed E-state index contributed by atoms with van der Waals surface area (Å²) < 4.78 is 0. The zero-order valence-corrected chi connectivity index (χ0v) is 10.3. The van der Waals surface area contributed by atoms with Gasteiger partial charge in [-0.05, 0) is 18.4 Å². The highest BCUT2D eigenvalue weighted by Crippen LogP contribution is 2.19. The van der Waals surface area contributed by atoms with Gasteiger partial charge in [-0.25, -0.2) is 0 Å². The van der Waals surface area contributed by atoms with Crippen molar-refractivity contribution in [1.82, 2.24) is 5.32 Å². The third kappa shape index (κ3) is 3.08. The van der Waals surface area contributed by atoms with Crippen LogP contribution in [-0.2, 0) is 6.54 Å². The first-order valence-corrected chi connectivity index (χ1v) is 5.82. The number of hydrogen-bond donors (Lipinski definition) is 1. The number of rotatable bonds is 5. The lowest BCUT2D eigenvalue weighted by Gasteiger charge is -2.29. The van der Waals surface area contributed by atoms with Crippen LogP contribution in [-0.4, -0.2) is 5.54 Å². The molecule has 0 aliphatic heterocycles. The molecule has 0 amide bonds. The van der Waals surface area contributed by atoms with Gasteiger partial charge in [-0.3, -0.25) is 5.32 Å². The molecule has 0 bridgehead atoms. The molecule has 2 atom stereocenters. The molecule has 0 fully saturated rings. The summed E-state index contributed by atoms with van der Waals surface area (Å²) in [7, 11) is 0. The van der Waals surface area contributed by atoms with Crippen LogP contribution in [0, 0.1) is 17.2 Å². The molecule has 2 heteroatoms. The second-order valence-corrected chi connectivity index (χ2v) is 4.46. The molecule has 0 heterocycles. The van der Waals surface area contributed by atoms with Crippen LogP contribution in [0.4, 0.5) is 0 Å². The lowest BCUT2D eigenvalue weighted by Crippen LogP contribution is -2.45. The minimum atomic E-state index is -0.440. The van der Waals surface area contributed by atoms with E-state index in [1.807, 2.05) is 25.1 Å². The summed E-state index contributed by atoms with van der Waals surface area (Å²) in [6.45, 7) is 6.95. The van der Waals surface area contributed by atoms with Gasteiger partial charge in [0.05, 0.1) is 6.07 Å². The van der Waals surface area contributed by atoms with Gasteiger partial charge in [0.1, 0.15) is 5.54 Å². The molecule has 1 N–H and O–H groups in total. The SMILES string of the molecule is CCC(C)C(C)(C#N)NCc1ccccc1. The monoisotopic (exact) mass is 216 g/mol. The maximum absolute atomic E-state index is 9.25. The normalized spacial score (nSPS) is 16.1. The van der Waals surface area contributed by atoms with E-state index in [-0.39, 0.29) is 0 Å². The smallest absolute Gasteiger partial charge is 0.106 e. The minimum Gasteiger partial charge on any atom is -0.295 e. The molecule has 1 aromatic rings. The molecule has 0 radical (unpaired) electrons. The summed E-state index contributed by atoms with van der Waals surface area (Å²) in [6, 6.07) is 12.6. The standard InChI is InChI=1S/C14H20N2/c1-4-12(2)14(3,11-15)16-10-13-8-6-5-7-9-13/h5-9,12,16H,4,10H2,1-3H3. The lowest BCUT2D eigenvalue weighted by atomic mass is 9.86. The van der Waals surface area contributed by atoms with E-state index in [1.165, 1.54) is 5.56 Å². The molecule has 0 saturated heterocycles. The Morgan fingerprint density at radius 3 is 2.50 bits per heavy atom. The summed E-state index contributed by atoms with van der Waals surface area (Å²) >= 11 is 0. The Kier molecular flexibility index (Phi) is 4.52. The van der Waals surface area contributed by atoms with Gasteiger partial charge in [-0.2, -0.15) is 5.26 Å². The summed E-state index contributed by atoms with van der Waals surface area (Å²) in [5.74, 6) is 0.348. The van der Waals surface area contributed by atoms with Gasteiger partial charge in [-0.1, -0.05) is 50.6 Å². The maximum atomic E-state index is 9.25. The number of hydrogen-bond acceptors (Lipinski definition) is 2. The average molecular weight is 216 g/mol. The van der Waals surface area contributed by atoms with Crippen molar-refractivity contribution in [3.8, 4) is 6.07 Å². The van der Waals surface area contributed by atoms with E-state index >= 15 is 0 Å². The first kappa shape index (κ1) is 12.7. The number of nitriles is 1. The predicted molar refractivity (Wildman–Crippen MR) is 66.8 cm³/mol. The molecule has 0 aromatic heterocycles. The summed E-state index contributed by atoms with van der Waals surface area (Å²) in [5.41, 5.74) is 0.775. The van der Waals surface area contributed by atoms with E-state index < -0.39 is 5.54 Å². The van der Waals surface area contributed by atoms with Crippen molar-refractivity contribution >= 4 is 0 Å². The molecule has 0 aliphatic rings. The van der Waals surface area contributed by atoms with Crippen molar-refractivity contribution < 1.29 is 0 Å². The summed E-state index contributed by atoms with van der Waals surface area (Å²) in [6.07, 6.45) is 1.01. The fourth-order valence-electron chi connectivity index (χ4n) is 1.61. The second kappa shape index (κ2) is 5.67. The molecule has 2 unspecified atom stereocenters. The highest BCUT2D eigenvalue weighted by atomic mass is 15.0. The van der Waals surface area contributed by atoms with E-state index in [2.05, 4.69) is 37.4 Å². The van der Waals surface area contributed by atoms with Gasteiger partial charge >= 0.3 is 0 Å². The minimum absolute atomic E-state index is 0.348. The van der Waals surface area contributed by atoms with Crippen LogP contribution >= 0.6 is 0 Å². The van der Waals surface area contributed by atoms with E-state index in [1.54, 1.807) is 0 Å². The molecule has 16 heavy (non-hydrogen) atoms. The average Bonchev–Trinajstić information content (AvgIpc) is 2.36. The lowest BCUT2D eigenvalue weighted by molar-refractivity contribution is 0.307. The van der Waals surface area contributed by atoms with Crippen molar-refractivity contribution in [3.63, 3.8) is 0 Å². The van der Waals surface area contributed by atoms with Crippen LogP contribution in [0.1, 0.15) is 32.8 Å². The third-order valence-corrected chi connectivity index (χ3v) is 3.33. The Balaban J connectivity index is 2.63. The largest absolute Gasteiger partial charge is 0.295 e. The maximum Gasteiger partial charge on any atom is 0.106 e. The Morgan fingerprint density at radius 1 is 1.38 bits per heavy atom. The molecular formula is C14H20N2. The molecule has 0 saturated carbocycles. The highest BCUT2D eigenvalue weighted by molar-refractivity contribution is 5.16. The van der Waals surface area contributed by atoms with E-state index in [0.717, 1.165) is 13.0 Å². The molecule has 0 aliphatic carbocycles. The van der Waals surface area contributed by atoms with Gasteiger partial charge in [0.15, 0.2) is 0 Å². The highest BCUT2D eigenvalue weighted by Gasteiger charge is 2.29. The number of benzene rings is 1. The molecule has 1 rings (SSSR count). The number of nitrogens with zero attached hydrogens (tertiary/aromatic N) is 1. The van der Waals surface area contributed by atoms with E-state index in [9.17, 15) is 5.26 Å². The quantitative estimate of drug-likeness (QED) is 0.821. The Morgan fingerprint density at radius 2 is 2.00 bits per heavy atom. The van der Waals surface area contributed by atoms with Crippen LogP contribution in [0.25, 0.3) is 0 Å². The van der Waals surface area contributed by atoms with Crippen molar-refractivity contribution in [2.75, 3.05) is 0 Å². The fourth-order valence-corrected chi connectivity index (χ4v) is 1.61. The summed E-state index contributed by atoms with van der Waals surface area (Å²) in [5, 5.41) is 12.6. The Bertz CT molecular complexity index is 353. The van der Waals surface area contributed by atoms with Gasteiger partial charge in [-0.15, -0.1) is 0 Å². The predicted octanol–water partition coefficient (Wildman–Crippen LogP) is 3.10. The van der Waals surface area contributed by atoms with Crippen LogP contribution in [0.5, 0.6) is 0 Å². The van der Waals surface area contributed by atoms with Crippen LogP contribution in [0.3, 0.4) is 0 Å². The number of nitrogens with one attached hydrogen (secondary N) is 1. The van der Waals surface area contributed by atoms with Crippen molar-refractivity contribution in [3.05, 3.63) is 35.9 Å². The zero-order chi connectivity index (χ0) is 12.0. The molecule has 86 valence electrons. The zero-order valence-electron chi connectivity index (χ0n) is 10.3. The molecule has 0 spiro atoms. The topological polar surface area (TPSA) is 35.8 Å². The van der Waals surface area contributed by atoms with E-state index in [4.69, 9.17) is 0 Å². The van der Waals surface area contributed by atoms with Crippen molar-refractivity contribution in [2.24, 2.45) is 5.92 Å². The van der Waals surface area contributed by atoms with Crippen LogP contribution in [0.2, 0.25) is 0 Å². The second-order valence-electron chi connectivity index (χ2n) is 4.46. The van der Waals surface area contributed by atoms with Crippen LogP contribution in [0.15, 0.2) is 30.3 Å². The molecule has 1 aromatic carbocycles. The van der Waals surface area contributed by atoms with Crippen molar-refractivity contribution in [2.45, 2.75) is 39.3 Å². The van der Waals surface area contributed by atoms with Gasteiger partial charge in [0.2, 0.25) is 0 Å². The van der Waals surface area contributed by atoms with E-state index in [0.29, 0.717) is 5.92 Å². The third-order valence-electron chi connectivity index (χ3n) is 3.33. The Labute approximate surface area is 98.3 Å². The molecule has 2 nitrogen and oxygen atoms in total. The Hall–Kier alpha value is -1.33. The van der Waals surface area contributed by atoms with Gasteiger partial charge < -0.3 is 0 Å². The van der Waals surface area contributed by atoms with Crippen molar-refractivity contribution in [1.29, 1.82) is 5.26 Å². The van der Waals surface area contributed by atoms with Gasteiger partial charge in [0.25, 0.3) is 0 Å². The summed E-state index contributed by atoms with van der Waals surface area (Å²) in [4.78, 5) is 0. The first-order valence-electron chi connectivity index (χ1n) is 5.82. The van der Waals surface area contributed by atoms with Gasteiger partial charge in [0, 0.05) is 6.54 Å². The van der Waals surface area contributed by atoms with Crippen LogP contribution < -0.4 is 5.32 Å². The first-order chi connectivity index (χ1) is 7.62.